The number of nitrogens with one attached hydrogen (secondary N) is 1. The summed E-state index contributed by atoms with van der Waals surface area (Å²) in [5.74, 6) is 0.208. The lowest BCUT2D eigenvalue weighted by Crippen LogP contribution is -2.32. The maximum atomic E-state index is 13.2. The molecule has 0 saturated carbocycles. The van der Waals surface area contributed by atoms with Gasteiger partial charge in [0.1, 0.15) is 5.75 Å². The third kappa shape index (κ3) is 5.66. The summed E-state index contributed by atoms with van der Waals surface area (Å²) < 4.78 is 34.5. The quantitative estimate of drug-likeness (QED) is 0.685. The van der Waals surface area contributed by atoms with Gasteiger partial charge in [0.25, 0.3) is 5.91 Å². The fourth-order valence-electron chi connectivity index (χ4n) is 3.91. The topological polar surface area (TPSA) is 75.7 Å². The first-order chi connectivity index (χ1) is 14.9. The van der Waals surface area contributed by atoms with Crippen LogP contribution in [0.3, 0.4) is 0 Å². The molecule has 2 aromatic carbocycles. The Morgan fingerprint density at radius 1 is 1.06 bits per heavy atom. The minimum absolute atomic E-state index is 0.0667. The zero-order chi connectivity index (χ0) is 22.4. The SMILES string of the molecule is CCC(NS(=O)(=O)c1ccc(OC)c(C(=O)N2CCCCCC2)c1)c1ccc(C)cc1. The molecule has 0 spiro atoms. The van der Waals surface area contributed by atoms with Crippen LogP contribution in [0.2, 0.25) is 0 Å². The summed E-state index contributed by atoms with van der Waals surface area (Å²) in [6, 6.07) is 12.0. The summed E-state index contributed by atoms with van der Waals surface area (Å²) in [5, 5.41) is 0. The average Bonchev–Trinajstić information content (AvgIpc) is 3.07. The molecule has 0 bridgehead atoms. The highest BCUT2D eigenvalue weighted by Gasteiger charge is 2.25. The molecule has 2 aromatic rings. The number of rotatable bonds is 7. The fourth-order valence-corrected chi connectivity index (χ4v) is 5.24. The molecule has 1 saturated heterocycles. The van der Waals surface area contributed by atoms with E-state index in [1.807, 2.05) is 38.1 Å². The Morgan fingerprint density at radius 3 is 2.29 bits per heavy atom. The van der Waals surface area contributed by atoms with Crippen LogP contribution in [0.5, 0.6) is 5.75 Å². The highest BCUT2D eigenvalue weighted by atomic mass is 32.2. The Bertz CT molecular complexity index is 995. The van der Waals surface area contributed by atoms with Crippen molar-refractivity contribution in [2.45, 2.75) is 56.9 Å². The molecule has 0 radical (unpaired) electrons. The van der Waals surface area contributed by atoms with E-state index in [1.165, 1.54) is 19.2 Å². The number of sulfonamides is 1. The van der Waals surface area contributed by atoms with Gasteiger partial charge >= 0.3 is 0 Å². The Kier molecular flexibility index (Phi) is 7.73. The van der Waals surface area contributed by atoms with Crippen molar-refractivity contribution in [2.75, 3.05) is 20.2 Å². The molecule has 1 amide bonds. The summed E-state index contributed by atoms with van der Waals surface area (Å²) in [6.45, 7) is 5.30. The number of carbonyl (C=O) groups excluding carboxylic acids is 1. The van der Waals surface area contributed by atoms with Gasteiger partial charge in [0.2, 0.25) is 10.0 Å². The lowest BCUT2D eigenvalue weighted by atomic mass is 10.0. The van der Waals surface area contributed by atoms with Crippen LogP contribution in [0.25, 0.3) is 0 Å². The molecule has 1 aliphatic heterocycles. The second-order valence-corrected chi connectivity index (χ2v) is 9.78. The zero-order valence-corrected chi connectivity index (χ0v) is 19.4. The van der Waals surface area contributed by atoms with E-state index < -0.39 is 10.0 Å². The van der Waals surface area contributed by atoms with E-state index in [2.05, 4.69) is 4.72 Å². The number of methoxy groups -OCH3 is 1. The molecule has 0 aliphatic carbocycles. The first kappa shape index (κ1) is 23.3. The number of amides is 1. The van der Waals surface area contributed by atoms with Crippen LogP contribution in [-0.4, -0.2) is 39.4 Å². The summed E-state index contributed by atoms with van der Waals surface area (Å²) >= 11 is 0. The van der Waals surface area contributed by atoms with Gasteiger partial charge in [0.15, 0.2) is 0 Å². The third-order valence-electron chi connectivity index (χ3n) is 5.79. The second-order valence-electron chi connectivity index (χ2n) is 8.06. The van der Waals surface area contributed by atoms with Gasteiger partial charge in [-0.1, -0.05) is 49.6 Å². The van der Waals surface area contributed by atoms with Crippen LogP contribution >= 0.6 is 0 Å². The predicted octanol–water partition coefficient (Wildman–Crippen LogP) is 4.45. The van der Waals surface area contributed by atoms with Crippen LogP contribution in [0.4, 0.5) is 0 Å². The largest absolute Gasteiger partial charge is 0.496 e. The average molecular weight is 445 g/mol. The summed E-state index contributed by atoms with van der Waals surface area (Å²) in [4.78, 5) is 15.0. The van der Waals surface area contributed by atoms with Crippen molar-refractivity contribution in [1.82, 2.24) is 9.62 Å². The highest BCUT2D eigenvalue weighted by molar-refractivity contribution is 7.89. The minimum atomic E-state index is -3.83. The van der Waals surface area contributed by atoms with E-state index in [1.54, 1.807) is 11.0 Å². The van der Waals surface area contributed by atoms with Gasteiger partial charge in [0.05, 0.1) is 17.6 Å². The number of likely N-dealkylation sites (tertiary alicyclic amines) is 1. The molecule has 1 unspecified atom stereocenters. The third-order valence-corrected chi connectivity index (χ3v) is 7.26. The Balaban J connectivity index is 1.89. The molecular weight excluding hydrogens is 412 g/mol. The van der Waals surface area contributed by atoms with Crippen LogP contribution < -0.4 is 9.46 Å². The van der Waals surface area contributed by atoms with Gasteiger partial charge in [0, 0.05) is 19.1 Å². The maximum absolute atomic E-state index is 13.2. The van der Waals surface area contributed by atoms with E-state index in [0.717, 1.165) is 36.8 Å². The Labute approximate surface area is 185 Å². The number of benzene rings is 2. The van der Waals surface area contributed by atoms with Gasteiger partial charge in [-0.3, -0.25) is 4.79 Å². The van der Waals surface area contributed by atoms with Gasteiger partial charge in [-0.15, -0.1) is 0 Å². The number of nitrogens with zero attached hydrogens (tertiary/aromatic N) is 1. The Hall–Kier alpha value is -2.38. The lowest BCUT2D eigenvalue weighted by Gasteiger charge is -2.22. The van der Waals surface area contributed by atoms with E-state index >= 15 is 0 Å². The van der Waals surface area contributed by atoms with Crippen LogP contribution in [0.15, 0.2) is 47.4 Å². The van der Waals surface area contributed by atoms with E-state index in [0.29, 0.717) is 25.3 Å². The molecule has 6 nitrogen and oxygen atoms in total. The molecule has 3 rings (SSSR count). The molecule has 1 fully saturated rings. The monoisotopic (exact) mass is 444 g/mol. The van der Waals surface area contributed by atoms with Crippen molar-refractivity contribution in [3.63, 3.8) is 0 Å². The van der Waals surface area contributed by atoms with Crippen molar-refractivity contribution >= 4 is 15.9 Å². The first-order valence-electron chi connectivity index (χ1n) is 10.9. The lowest BCUT2D eigenvalue weighted by molar-refractivity contribution is 0.0758. The molecule has 1 atom stereocenters. The highest BCUT2D eigenvalue weighted by Crippen LogP contribution is 2.27. The number of hydrogen-bond donors (Lipinski definition) is 1. The van der Waals surface area contributed by atoms with Gasteiger partial charge in [-0.25, -0.2) is 13.1 Å². The molecule has 31 heavy (non-hydrogen) atoms. The molecule has 0 aromatic heterocycles. The van der Waals surface area contributed by atoms with Gasteiger partial charge in [-0.05, 0) is 49.9 Å². The van der Waals surface area contributed by atoms with Gasteiger partial charge < -0.3 is 9.64 Å². The van der Waals surface area contributed by atoms with Crippen LogP contribution in [0.1, 0.15) is 66.6 Å². The molecule has 7 heteroatoms. The summed E-state index contributed by atoms with van der Waals surface area (Å²) in [7, 11) is -2.33. The van der Waals surface area contributed by atoms with E-state index in [-0.39, 0.29) is 22.4 Å². The minimum Gasteiger partial charge on any atom is -0.496 e. The smallest absolute Gasteiger partial charge is 0.257 e. The number of hydrogen-bond acceptors (Lipinski definition) is 4. The molecule has 1 heterocycles. The van der Waals surface area contributed by atoms with E-state index in [9.17, 15) is 13.2 Å². The van der Waals surface area contributed by atoms with E-state index in [4.69, 9.17) is 4.74 Å². The maximum Gasteiger partial charge on any atom is 0.257 e. The van der Waals surface area contributed by atoms with Crippen molar-refractivity contribution < 1.29 is 17.9 Å². The second kappa shape index (κ2) is 10.3. The predicted molar refractivity (Wildman–Crippen MR) is 122 cm³/mol. The van der Waals surface area contributed by atoms with Crippen molar-refractivity contribution in [2.24, 2.45) is 0 Å². The standard InChI is InChI=1S/C24H32N2O4S/c1-4-22(19-11-9-18(2)10-12-19)25-31(28,29)20-13-14-23(30-3)21(17-20)24(27)26-15-7-5-6-8-16-26/h9-14,17,22,25H,4-8,15-16H2,1-3H3. The Morgan fingerprint density at radius 2 is 1.71 bits per heavy atom. The zero-order valence-electron chi connectivity index (χ0n) is 18.6. The molecular formula is C24H32N2O4S. The molecule has 1 aliphatic rings. The molecule has 168 valence electrons. The molecule has 1 N–H and O–H groups in total. The van der Waals surface area contributed by atoms with Crippen LogP contribution in [-0.2, 0) is 10.0 Å². The number of carbonyl (C=O) groups is 1. The summed E-state index contributed by atoms with van der Waals surface area (Å²) in [6.07, 6.45) is 4.75. The number of ether oxygens (including phenoxy) is 1. The fraction of sp³-hybridized carbons (Fsp3) is 0.458. The van der Waals surface area contributed by atoms with Gasteiger partial charge in [-0.2, -0.15) is 0 Å². The first-order valence-corrected chi connectivity index (χ1v) is 12.4. The van der Waals surface area contributed by atoms with Crippen molar-refractivity contribution in [3.05, 3.63) is 59.2 Å². The van der Waals surface area contributed by atoms with Crippen molar-refractivity contribution in [1.29, 1.82) is 0 Å². The number of aryl methyl sites for hydroxylation is 1. The van der Waals surface area contributed by atoms with Crippen LogP contribution in [0, 0.1) is 6.92 Å². The normalized spacial score (nSPS) is 15.9. The summed E-state index contributed by atoms with van der Waals surface area (Å²) in [5.41, 5.74) is 2.31. The van der Waals surface area contributed by atoms with Crippen molar-refractivity contribution in [3.8, 4) is 5.75 Å².